The molecule has 0 amide bonds. The number of carbonyl (C=O) groups is 1. The third-order valence-electron chi connectivity index (χ3n) is 3.35. The number of carbonyl (C=O) groups excluding carboxylic acids is 1. The first kappa shape index (κ1) is 12.1. The third-order valence-corrected chi connectivity index (χ3v) is 4.05. The Morgan fingerprint density at radius 2 is 2.29 bits per heavy atom. The second-order valence-corrected chi connectivity index (χ2v) is 5.33. The summed E-state index contributed by atoms with van der Waals surface area (Å²) in [5, 5.41) is 0. The first-order chi connectivity index (χ1) is 6.77. The van der Waals surface area contributed by atoms with Gasteiger partial charge >= 0.3 is 0 Å². The number of hydrogen-bond donors (Lipinski definition) is 0. The van der Waals surface area contributed by atoms with Gasteiger partial charge in [-0.3, -0.25) is 4.79 Å². The van der Waals surface area contributed by atoms with Gasteiger partial charge in [-0.25, -0.2) is 0 Å². The Bertz CT molecular complexity index is 179. The van der Waals surface area contributed by atoms with Gasteiger partial charge < -0.3 is 0 Å². The molecule has 1 fully saturated rings. The van der Waals surface area contributed by atoms with Crippen molar-refractivity contribution < 1.29 is 4.79 Å². The van der Waals surface area contributed by atoms with Crippen LogP contribution in [-0.2, 0) is 4.79 Å². The summed E-state index contributed by atoms with van der Waals surface area (Å²) in [6.07, 6.45) is 8.91. The van der Waals surface area contributed by atoms with Crippen LogP contribution in [0.5, 0.6) is 0 Å². The van der Waals surface area contributed by atoms with E-state index in [0.717, 1.165) is 25.2 Å². The van der Waals surface area contributed by atoms with Crippen LogP contribution in [0.25, 0.3) is 0 Å². The zero-order valence-corrected chi connectivity index (χ0v) is 10.2. The van der Waals surface area contributed by atoms with Crippen molar-refractivity contribution in [3.8, 4) is 0 Å². The average molecular weight is 214 g/mol. The van der Waals surface area contributed by atoms with E-state index in [4.69, 9.17) is 0 Å². The van der Waals surface area contributed by atoms with Crippen molar-refractivity contribution in [3.63, 3.8) is 0 Å². The van der Waals surface area contributed by atoms with Crippen LogP contribution in [0.3, 0.4) is 0 Å². The molecule has 0 bridgehead atoms. The lowest BCUT2D eigenvalue weighted by atomic mass is 9.77. The van der Waals surface area contributed by atoms with Gasteiger partial charge in [-0.15, -0.1) is 0 Å². The van der Waals surface area contributed by atoms with Crippen LogP contribution in [0, 0.1) is 11.8 Å². The molecule has 0 aliphatic heterocycles. The maximum Gasteiger partial charge on any atom is 0.135 e. The van der Waals surface area contributed by atoms with E-state index in [9.17, 15) is 4.79 Å². The maximum absolute atomic E-state index is 11.6. The third kappa shape index (κ3) is 3.64. The van der Waals surface area contributed by atoms with Crippen molar-refractivity contribution in [2.24, 2.45) is 11.8 Å². The summed E-state index contributed by atoms with van der Waals surface area (Å²) in [6.45, 7) is 2.25. The smallest absolute Gasteiger partial charge is 0.135 e. The lowest BCUT2D eigenvalue weighted by Gasteiger charge is -2.27. The molecule has 2 atom stereocenters. The largest absolute Gasteiger partial charge is 0.299 e. The number of Topliss-reactive ketones (excluding diaryl/α,β-unsaturated/α-hetero) is 1. The van der Waals surface area contributed by atoms with E-state index in [1.54, 1.807) is 0 Å². The van der Waals surface area contributed by atoms with Crippen LogP contribution < -0.4 is 0 Å². The number of ketones is 1. The predicted octanol–water partition coefficient (Wildman–Crippen LogP) is 3.53. The fourth-order valence-corrected chi connectivity index (χ4v) is 2.78. The molecular formula is C12H22OS. The van der Waals surface area contributed by atoms with Gasteiger partial charge in [0, 0.05) is 12.3 Å². The highest BCUT2D eigenvalue weighted by Gasteiger charge is 2.26. The molecule has 1 aliphatic rings. The van der Waals surface area contributed by atoms with Gasteiger partial charge in [-0.05, 0) is 43.6 Å². The van der Waals surface area contributed by atoms with E-state index in [1.165, 1.54) is 25.0 Å². The summed E-state index contributed by atoms with van der Waals surface area (Å²) in [5.74, 6) is 2.98. The molecule has 0 saturated heterocycles. The molecular weight excluding hydrogens is 192 g/mol. The van der Waals surface area contributed by atoms with Crippen LogP contribution in [-0.4, -0.2) is 17.8 Å². The van der Waals surface area contributed by atoms with Crippen molar-refractivity contribution in [2.75, 3.05) is 12.0 Å². The SMILES string of the molecule is CCC1CCC(=O)C(CCCSC)C1. The molecule has 0 heterocycles. The monoisotopic (exact) mass is 214 g/mol. The Balaban J connectivity index is 2.29. The zero-order chi connectivity index (χ0) is 10.4. The highest BCUT2D eigenvalue weighted by Crippen LogP contribution is 2.31. The molecule has 0 aromatic carbocycles. The van der Waals surface area contributed by atoms with Gasteiger partial charge in [0.15, 0.2) is 0 Å². The van der Waals surface area contributed by atoms with E-state index in [2.05, 4.69) is 13.2 Å². The summed E-state index contributed by atoms with van der Waals surface area (Å²) in [7, 11) is 0. The van der Waals surface area contributed by atoms with Crippen LogP contribution >= 0.6 is 11.8 Å². The van der Waals surface area contributed by atoms with Crippen molar-refractivity contribution >= 4 is 17.5 Å². The normalized spacial score (nSPS) is 28.0. The number of thioether (sulfide) groups is 1. The van der Waals surface area contributed by atoms with Crippen LogP contribution in [0.4, 0.5) is 0 Å². The highest BCUT2D eigenvalue weighted by molar-refractivity contribution is 7.98. The molecule has 0 N–H and O–H groups in total. The van der Waals surface area contributed by atoms with Crippen molar-refractivity contribution in [1.29, 1.82) is 0 Å². The first-order valence-electron chi connectivity index (χ1n) is 5.79. The van der Waals surface area contributed by atoms with Crippen molar-refractivity contribution in [2.45, 2.75) is 45.4 Å². The summed E-state index contributed by atoms with van der Waals surface area (Å²) in [6, 6.07) is 0. The summed E-state index contributed by atoms with van der Waals surface area (Å²) in [5.41, 5.74) is 0. The summed E-state index contributed by atoms with van der Waals surface area (Å²) >= 11 is 1.89. The standard InChI is InChI=1S/C12H22OS/c1-3-10-6-7-12(13)11(9-10)5-4-8-14-2/h10-11H,3-9H2,1-2H3. The Morgan fingerprint density at radius 1 is 1.50 bits per heavy atom. The van der Waals surface area contributed by atoms with Crippen molar-refractivity contribution in [3.05, 3.63) is 0 Å². The number of rotatable bonds is 5. The molecule has 0 aromatic heterocycles. The molecule has 0 radical (unpaired) electrons. The molecule has 1 nitrogen and oxygen atoms in total. The van der Waals surface area contributed by atoms with Gasteiger partial charge in [0.1, 0.15) is 5.78 Å². The molecule has 1 saturated carbocycles. The van der Waals surface area contributed by atoms with E-state index in [0.29, 0.717) is 11.7 Å². The topological polar surface area (TPSA) is 17.1 Å². The number of hydrogen-bond acceptors (Lipinski definition) is 2. The minimum Gasteiger partial charge on any atom is -0.299 e. The average Bonchev–Trinajstić information content (AvgIpc) is 2.21. The van der Waals surface area contributed by atoms with E-state index in [-0.39, 0.29) is 0 Å². The quantitative estimate of drug-likeness (QED) is 0.651. The Kier molecular flexibility index (Phi) is 5.61. The van der Waals surface area contributed by atoms with Gasteiger partial charge in [0.25, 0.3) is 0 Å². The molecule has 1 aliphatic carbocycles. The molecule has 0 aromatic rings. The zero-order valence-electron chi connectivity index (χ0n) is 9.42. The fourth-order valence-electron chi connectivity index (χ4n) is 2.33. The van der Waals surface area contributed by atoms with Gasteiger partial charge in [0.2, 0.25) is 0 Å². The first-order valence-corrected chi connectivity index (χ1v) is 7.19. The predicted molar refractivity (Wildman–Crippen MR) is 63.7 cm³/mol. The van der Waals surface area contributed by atoms with Crippen LogP contribution in [0.15, 0.2) is 0 Å². The fraction of sp³-hybridized carbons (Fsp3) is 0.917. The van der Waals surface area contributed by atoms with Crippen molar-refractivity contribution in [1.82, 2.24) is 0 Å². The Labute approximate surface area is 92.0 Å². The molecule has 2 unspecified atom stereocenters. The summed E-state index contributed by atoms with van der Waals surface area (Å²) in [4.78, 5) is 11.6. The Morgan fingerprint density at radius 3 is 2.93 bits per heavy atom. The minimum absolute atomic E-state index is 0.404. The van der Waals surface area contributed by atoms with Crippen LogP contribution in [0.1, 0.15) is 45.4 Å². The van der Waals surface area contributed by atoms with Gasteiger partial charge in [-0.1, -0.05) is 13.3 Å². The van der Waals surface area contributed by atoms with E-state index in [1.807, 2.05) is 11.8 Å². The highest BCUT2D eigenvalue weighted by atomic mass is 32.2. The molecule has 2 heteroatoms. The molecule has 0 spiro atoms. The summed E-state index contributed by atoms with van der Waals surface area (Å²) < 4.78 is 0. The lowest BCUT2D eigenvalue weighted by Crippen LogP contribution is -2.24. The Hall–Kier alpha value is 0.0200. The van der Waals surface area contributed by atoms with Crippen LogP contribution in [0.2, 0.25) is 0 Å². The maximum atomic E-state index is 11.6. The van der Waals surface area contributed by atoms with Gasteiger partial charge in [-0.2, -0.15) is 11.8 Å². The second kappa shape index (κ2) is 6.49. The van der Waals surface area contributed by atoms with E-state index >= 15 is 0 Å². The molecule has 14 heavy (non-hydrogen) atoms. The molecule has 82 valence electrons. The van der Waals surface area contributed by atoms with E-state index < -0.39 is 0 Å². The molecule has 1 rings (SSSR count). The second-order valence-electron chi connectivity index (χ2n) is 4.35. The van der Waals surface area contributed by atoms with Gasteiger partial charge in [0.05, 0.1) is 0 Å². The minimum atomic E-state index is 0.404. The lowest BCUT2D eigenvalue weighted by molar-refractivity contribution is -0.125.